The van der Waals surface area contributed by atoms with Gasteiger partial charge in [-0.25, -0.2) is 4.98 Å². The Labute approximate surface area is 121 Å². The van der Waals surface area contributed by atoms with Crippen LogP contribution >= 0.6 is 0 Å². The molecule has 1 aromatic rings. The molecule has 1 aliphatic heterocycles. The molecule has 1 N–H and O–H groups in total. The van der Waals surface area contributed by atoms with Gasteiger partial charge >= 0.3 is 0 Å². The molecule has 0 aliphatic carbocycles. The van der Waals surface area contributed by atoms with Crippen molar-refractivity contribution < 1.29 is 9.47 Å². The maximum Gasteiger partial charge on any atom is 0.218 e. The fraction of sp³-hybridized carbons (Fsp3) is 0.733. The highest BCUT2D eigenvalue weighted by Crippen LogP contribution is 2.28. The monoisotopic (exact) mass is 279 g/mol. The average molecular weight is 279 g/mol. The zero-order chi connectivity index (χ0) is 14.4. The van der Waals surface area contributed by atoms with Crippen LogP contribution in [-0.4, -0.2) is 29.7 Å². The lowest BCUT2D eigenvalue weighted by atomic mass is 10.1. The summed E-state index contributed by atoms with van der Waals surface area (Å²) in [4.78, 5) is 9.02. The molecule has 1 aliphatic rings. The second kappa shape index (κ2) is 7.43. The van der Waals surface area contributed by atoms with E-state index >= 15 is 0 Å². The molecule has 2 heterocycles. The minimum absolute atomic E-state index is 0.0149. The maximum absolute atomic E-state index is 5.66. The van der Waals surface area contributed by atoms with Crippen molar-refractivity contribution in [2.75, 3.05) is 25.1 Å². The smallest absolute Gasteiger partial charge is 0.218 e. The summed E-state index contributed by atoms with van der Waals surface area (Å²) in [6.45, 7) is 8.69. The van der Waals surface area contributed by atoms with E-state index in [-0.39, 0.29) is 6.10 Å². The van der Waals surface area contributed by atoms with Gasteiger partial charge in [0.25, 0.3) is 0 Å². The highest BCUT2D eigenvalue weighted by molar-refractivity contribution is 5.38. The lowest BCUT2D eigenvalue weighted by Gasteiger charge is -2.13. The molecule has 112 valence electrons. The van der Waals surface area contributed by atoms with Crippen molar-refractivity contribution in [2.45, 2.75) is 46.1 Å². The van der Waals surface area contributed by atoms with Crippen LogP contribution in [0.3, 0.4) is 0 Å². The number of nitrogens with one attached hydrogen (secondary N) is 1. The van der Waals surface area contributed by atoms with Crippen molar-refractivity contribution in [3.8, 4) is 5.88 Å². The highest BCUT2D eigenvalue weighted by Gasteiger charge is 2.22. The van der Waals surface area contributed by atoms with E-state index in [4.69, 9.17) is 9.47 Å². The van der Waals surface area contributed by atoms with E-state index in [1.54, 1.807) is 0 Å². The van der Waals surface area contributed by atoms with Gasteiger partial charge in [-0.05, 0) is 32.1 Å². The van der Waals surface area contributed by atoms with Gasteiger partial charge < -0.3 is 14.8 Å². The number of ether oxygens (including phenoxy) is 2. The SMILES string of the molecule is CCOc1cc(NCCC(C)C)nc(C2CCCO2)n1. The Balaban J connectivity index is 2.08. The van der Waals surface area contributed by atoms with Crippen LogP contribution in [-0.2, 0) is 4.74 Å². The minimum atomic E-state index is 0.0149. The largest absolute Gasteiger partial charge is 0.478 e. The molecule has 20 heavy (non-hydrogen) atoms. The number of nitrogens with zero attached hydrogens (tertiary/aromatic N) is 2. The zero-order valence-corrected chi connectivity index (χ0v) is 12.7. The van der Waals surface area contributed by atoms with Gasteiger partial charge in [0.2, 0.25) is 5.88 Å². The first kappa shape index (κ1) is 15.0. The zero-order valence-electron chi connectivity index (χ0n) is 12.7. The van der Waals surface area contributed by atoms with Gasteiger partial charge in [-0.2, -0.15) is 4.98 Å². The van der Waals surface area contributed by atoms with Gasteiger partial charge in [0, 0.05) is 19.2 Å². The third-order valence-corrected chi connectivity index (χ3v) is 3.26. The summed E-state index contributed by atoms with van der Waals surface area (Å²) in [6.07, 6.45) is 3.19. The van der Waals surface area contributed by atoms with E-state index in [9.17, 15) is 0 Å². The Morgan fingerprint density at radius 2 is 2.30 bits per heavy atom. The quantitative estimate of drug-likeness (QED) is 0.830. The number of hydrogen-bond donors (Lipinski definition) is 1. The molecular formula is C15H25N3O2. The highest BCUT2D eigenvalue weighted by atomic mass is 16.5. The molecule has 0 aromatic carbocycles. The predicted molar refractivity (Wildman–Crippen MR) is 79.1 cm³/mol. The van der Waals surface area contributed by atoms with Crippen LogP contribution in [0.15, 0.2) is 6.07 Å². The first-order chi connectivity index (χ1) is 9.69. The minimum Gasteiger partial charge on any atom is -0.478 e. The van der Waals surface area contributed by atoms with Crippen LogP contribution < -0.4 is 10.1 Å². The number of anilines is 1. The summed E-state index contributed by atoms with van der Waals surface area (Å²) < 4.78 is 11.2. The van der Waals surface area contributed by atoms with Crippen molar-refractivity contribution in [1.82, 2.24) is 9.97 Å². The Morgan fingerprint density at radius 3 is 2.95 bits per heavy atom. The molecule has 1 aromatic heterocycles. The average Bonchev–Trinajstić information content (AvgIpc) is 2.92. The van der Waals surface area contributed by atoms with Gasteiger partial charge in [-0.1, -0.05) is 13.8 Å². The Morgan fingerprint density at radius 1 is 1.45 bits per heavy atom. The molecule has 0 radical (unpaired) electrons. The van der Waals surface area contributed by atoms with Crippen LogP contribution in [0, 0.1) is 5.92 Å². The molecule has 1 unspecified atom stereocenters. The lowest BCUT2D eigenvalue weighted by Crippen LogP contribution is -2.11. The fourth-order valence-corrected chi connectivity index (χ4v) is 2.17. The van der Waals surface area contributed by atoms with Crippen molar-refractivity contribution in [2.24, 2.45) is 5.92 Å². The summed E-state index contributed by atoms with van der Waals surface area (Å²) in [5.74, 6) is 2.86. The van der Waals surface area contributed by atoms with E-state index in [2.05, 4.69) is 29.1 Å². The van der Waals surface area contributed by atoms with Crippen molar-refractivity contribution in [3.63, 3.8) is 0 Å². The van der Waals surface area contributed by atoms with Crippen LogP contribution in [0.4, 0.5) is 5.82 Å². The normalized spacial score (nSPS) is 18.5. The standard InChI is InChI=1S/C15H25N3O2/c1-4-19-14-10-13(16-8-7-11(2)3)17-15(18-14)12-6-5-9-20-12/h10-12H,4-9H2,1-3H3,(H,16,17,18). The van der Waals surface area contributed by atoms with Gasteiger partial charge in [0.15, 0.2) is 5.82 Å². The van der Waals surface area contributed by atoms with Crippen molar-refractivity contribution in [1.29, 1.82) is 0 Å². The summed E-state index contributed by atoms with van der Waals surface area (Å²) in [5.41, 5.74) is 0. The van der Waals surface area contributed by atoms with Crippen molar-refractivity contribution in [3.05, 3.63) is 11.9 Å². The van der Waals surface area contributed by atoms with Crippen LogP contribution in [0.25, 0.3) is 0 Å². The molecule has 1 fully saturated rings. The first-order valence-electron chi connectivity index (χ1n) is 7.56. The second-order valence-corrected chi connectivity index (χ2v) is 5.49. The molecule has 0 saturated carbocycles. The Hall–Kier alpha value is -1.36. The molecular weight excluding hydrogens is 254 g/mol. The molecule has 1 saturated heterocycles. The van der Waals surface area contributed by atoms with Crippen LogP contribution in [0.1, 0.15) is 52.0 Å². The van der Waals surface area contributed by atoms with E-state index in [1.807, 2.05) is 13.0 Å². The third-order valence-electron chi connectivity index (χ3n) is 3.26. The van der Waals surface area contributed by atoms with Crippen molar-refractivity contribution >= 4 is 5.82 Å². The van der Waals surface area contributed by atoms with E-state index in [1.165, 1.54) is 0 Å². The molecule has 1 atom stereocenters. The first-order valence-corrected chi connectivity index (χ1v) is 7.56. The molecule has 0 amide bonds. The van der Waals surface area contributed by atoms with Gasteiger partial charge in [0.1, 0.15) is 11.9 Å². The summed E-state index contributed by atoms with van der Waals surface area (Å²) in [5, 5.41) is 3.35. The lowest BCUT2D eigenvalue weighted by molar-refractivity contribution is 0.104. The van der Waals surface area contributed by atoms with Gasteiger partial charge in [0.05, 0.1) is 6.61 Å². The predicted octanol–water partition coefficient (Wildman–Crippen LogP) is 3.18. The Kier molecular flexibility index (Phi) is 5.59. The second-order valence-electron chi connectivity index (χ2n) is 5.49. The third kappa shape index (κ3) is 4.34. The van der Waals surface area contributed by atoms with E-state index in [0.29, 0.717) is 18.4 Å². The molecule has 0 spiro atoms. The van der Waals surface area contributed by atoms with Crippen LogP contribution in [0.5, 0.6) is 5.88 Å². The van der Waals surface area contributed by atoms with E-state index < -0.39 is 0 Å². The number of hydrogen-bond acceptors (Lipinski definition) is 5. The Bertz CT molecular complexity index is 418. The molecule has 5 nitrogen and oxygen atoms in total. The maximum atomic E-state index is 5.66. The summed E-state index contributed by atoms with van der Waals surface area (Å²) in [7, 11) is 0. The summed E-state index contributed by atoms with van der Waals surface area (Å²) in [6, 6.07) is 1.86. The van der Waals surface area contributed by atoms with Crippen LogP contribution in [0.2, 0.25) is 0 Å². The molecule has 5 heteroatoms. The number of aromatic nitrogens is 2. The molecule has 2 rings (SSSR count). The summed E-state index contributed by atoms with van der Waals surface area (Å²) >= 11 is 0. The van der Waals surface area contributed by atoms with E-state index in [0.717, 1.165) is 44.1 Å². The fourth-order valence-electron chi connectivity index (χ4n) is 2.17. The molecule has 0 bridgehead atoms. The number of rotatable bonds is 7. The topological polar surface area (TPSA) is 56.3 Å². The van der Waals surface area contributed by atoms with Gasteiger partial charge in [-0.3, -0.25) is 0 Å². The van der Waals surface area contributed by atoms with Gasteiger partial charge in [-0.15, -0.1) is 0 Å².